The molecular formula is C37H47N9O3. The maximum atomic E-state index is 14.0. The number of carbonyl (C=O) groups is 2. The predicted octanol–water partition coefficient (Wildman–Crippen LogP) is 3.66. The number of amides is 2. The molecule has 2 fully saturated rings. The zero-order valence-electron chi connectivity index (χ0n) is 29.1. The molecule has 258 valence electrons. The Hall–Kier alpha value is -4.58. The number of hydrogen-bond acceptors (Lipinski definition) is 9. The van der Waals surface area contributed by atoms with Gasteiger partial charge < -0.3 is 24.3 Å². The molecule has 5 heterocycles. The summed E-state index contributed by atoms with van der Waals surface area (Å²) in [5.41, 5.74) is 4.78. The Morgan fingerprint density at radius 1 is 1.02 bits per heavy atom. The zero-order chi connectivity index (χ0) is 34.1. The van der Waals surface area contributed by atoms with Crippen molar-refractivity contribution < 1.29 is 14.3 Å². The number of aryl methyl sites for hydroxylation is 1. The third-order valence-corrected chi connectivity index (χ3v) is 10.5. The Bertz CT molecular complexity index is 1820. The topological polar surface area (TPSA) is 113 Å². The van der Waals surface area contributed by atoms with Gasteiger partial charge in [-0.1, -0.05) is 12.1 Å². The van der Waals surface area contributed by atoms with Crippen LogP contribution in [-0.2, 0) is 28.1 Å². The molecule has 1 spiro atoms. The molecule has 3 aromatic heterocycles. The SMILES string of the molecule is CCOc1ccc2c(c1)CCN(C(=O)CN(C)C)C21CCC(C(=O)N2CCN(c3ncnc4c3cnn4Cc3cccc(C)n3)CC2)CC1. The molecule has 0 atom stereocenters. The standard InChI is InChI=1S/C37H47N9O3/c1-5-49-30-9-10-32-28(21-30)13-16-45(33(47)24-42(3)4)37(32)14-11-27(12-15-37)36(48)44-19-17-43(18-20-44)34-31-22-40-46(35(31)39-25-38-34)23-29-8-6-7-26(2)41-29/h6-10,21-22,25,27H,5,11-20,23-24H2,1-4H3. The van der Waals surface area contributed by atoms with Crippen molar-refractivity contribution in [3.63, 3.8) is 0 Å². The van der Waals surface area contributed by atoms with Gasteiger partial charge >= 0.3 is 0 Å². The van der Waals surface area contributed by atoms with E-state index in [1.165, 1.54) is 11.1 Å². The first-order chi connectivity index (χ1) is 23.8. The summed E-state index contributed by atoms with van der Waals surface area (Å²) in [4.78, 5) is 49.7. The first-order valence-electron chi connectivity index (χ1n) is 17.6. The summed E-state index contributed by atoms with van der Waals surface area (Å²) in [6.45, 7) is 8.88. The normalized spacial score (nSPS) is 21.0. The molecule has 12 heteroatoms. The van der Waals surface area contributed by atoms with Crippen LogP contribution < -0.4 is 9.64 Å². The van der Waals surface area contributed by atoms with Crippen molar-refractivity contribution >= 4 is 28.7 Å². The predicted molar refractivity (Wildman–Crippen MR) is 187 cm³/mol. The number of piperazine rings is 1. The Morgan fingerprint density at radius 2 is 1.82 bits per heavy atom. The largest absolute Gasteiger partial charge is 0.494 e. The lowest BCUT2D eigenvalue weighted by atomic mass is 9.68. The van der Waals surface area contributed by atoms with Crippen molar-refractivity contribution in [1.82, 2.24) is 39.4 Å². The average molecular weight is 666 g/mol. The Labute approximate surface area is 288 Å². The monoisotopic (exact) mass is 665 g/mol. The van der Waals surface area contributed by atoms with Crippen molar-refractivity contribution in [2.45, 2.75) is 58.0 Å². The fraction of sp³-hybridized carbons (Fsp3) is 0.514. The molecule has 1 aromatic carbocycles. The summed E-state index contributed by atoms with van der Waals surface area (Å²) in [5.74, 6) is 2.07. The number of likely N-dealkylation sites (N-methyl/N-ethyl adjacent to an activating group) is 1. The second-order valence-electron chi connectivity index (χ2n) is 13.9. The van der Waals surface area contributed by atoms with Crippen LogP contribution in [0.3, 0.4) is 0 Å². The summed E-state index contributed by atoms with van der Waals surface area (Å²) >= 11 is 0. The van der Waals surface area contributed by atoms with Crippen LogP contribution in [0.5, 0.6) is 5.75 Å². The number of carbonyl (C=O) groups excluding carboxylic acids is 2. The Balaban J connectivity index is 1.02. The molecule has 0 unspecified atom stereocenters. The van der Waals surface area contributed by atoms with E-state index >= 15 is 0 Å². The van der Waals surface area contributed by atoms with Gasteiger partial charge in [0.15, 0.2) is 5.65 Å². The molecule has 1 aliphatic carbocycles. The Morgan fingerprint density at radius 3 is 2.55 bits per heavy atom. The van der Waals surface area contributed by atoms with Crippen LogP contribution in [0.2, 0.25) is 0 Å². The third-order valence-electron chi connectivity index (χ3n) is 10.5. The minimum absolute atomic E-state index is 0.0460. The van der Waals surface area contributed by atoms with Crippen molar-refractivity contribution in [1.29, 1.82) is 0 Å². The first-order valence-corrected chi connectivity index (χ1v) is 17.6. The highest BCUT2D eigenvalue weighted by Crippen LogP contribution is 2.48. The second kappa shape index (κ2) is 13.7. The fourth-order valence-electron chi connectivity index (χ4n) is 8.17. The molecular weight excluding hydrogens is 618 g/mol. The van der Waals surface area contributed by atoms with Gasteiger partial charge in [-0.05, 0) is 95.4 Å². The number of benzene rings is 1. The zero-order valence-corrected chi connectivity index (χ0v) is 29.1. The summed E-state index contributed by atoms with van der Waals surface area (Å²) in [6, 6.07) is 12.4. The number of pyridine rings is 1. The molecule has 4 aromatic rings. The van der Waals surface area contributed by atoms with Gasteiger partial charge in [-0.2, -0.15) is 5.10 Å². The van der Waals surface area contributed by atoms with Crippen LogP contribution in [0.25, 0.3) is 11.0 Å². The number of aromatic nitrogens is 5. The average Bonchev–Trinajstić information content (AvgIpc) is 3.51. The van der Waals surface area contributed by atoms with Crippen molar-refractivity contribution in [2.75, 3.05) is 64.9 Å². The number of ether oxygens (including phenoxy) is 1. The van der Waals surface area contributed by atoms with Gasteiger partial charge in [-0.25, -0.2) is 14.6 Å². The molecule has 0 N–H and O–H groups in total. The first kappa shape index (κ1) is 32.9. The van der Waals surface area contributed by atoms with Gasteiger partial charge in [-0.15, -0.1) is 0 Å². The molecule has 1 saturated carbocycles. The van der Waals surface area contributed by atoms with Crippen LogP contribution >= 0.6 is 0 Å². The number of hydrogen-bond donors (Lipinski definition) is 0. The van der Waals surface area contributed by atoms with Crippen molar-refractivity contribution in [3.8, 4) is 5.75 Å². The Kier molecular flexibility index (Phi) is 9.23. The van der Waals surface area contributed by atoms with Gasteiger partial charge in [0.2, 0.25) is 11.8 Å². The van der Waals surface area contributed by atoms with Crippen molar-refractivity contribution in [2.24, 2.45) is 5.92 Å². The van der Waals surface area contributed by atoms with Crippen LogP contribution in [-0.4, -0.2) is 111 Å². The maximum absolute atomic E-state index is 14.0. The van der Waals surface area contributed by atoms with Crippen LogP contribution in [0.1, 0.15) is 55.1 Å². The van der Waals surface area contributed by atoms with Gasteiger partial charge in [0.1, 0.15) is 17.9 Å². The molecule has 49 heavy (non-hydrogen) atoms. The summed E-state index contributed by atoms with van der Waals surface area (Å²) in [7, 11) is 3.88. The summed E-state index contributed by atoms with van der Waals surface area (Å²) in [5, 5.41) is 5.53. The minimum Gasteiger partial charge on any atom is -0.494 e. The molecule has 1 saturated heterocycles. The highest BCUT2D eigenvalue weighted by Gasteiger charge is 2.48. The van der Waals surface area contributed by atoms with E-state index in [0.29, 0.717) is 52.4 Å². The number of rotatable bonds is 8. The molecule has 7 rings (SSSR count). The van der Waals surface area contributed by atoms with Gasteiger partial charge in [-0.3, -0.25) is 14.6 Å². The summed E-state index contributed by atoms with van der Waals surface area (Å²) in [6.07, 6.45) is 7.34. The third kappa shape index (κ3) is 6.46. The number of fused-ring (bicyclic) bond motifs is 3. The lowest BCUT2D eigenvalue weighted by Crippen LogP contribution is -2.57. The van der Waals surface area contributed by atoms with Crippen molar-refractivity contribution in [3.05, 3.63) is 71.4 Å². The smallest absolute Gasteiger partial charge is 0.237 e. The highest BCUT2D eigenvalue weighted by molar-refractivity contribution is 5.87. The minimum atomic E-state index is -0.390. The van der Waals surface area contributed by atoms with E-state index in [-0.39, 0.29) is 23.3 Å². The van der Waals surface area contributed by atoms with Gasteiger partial charge in [0, 0.05) is 44.3 Å². The van der Waals surface area contributed by atoms with E-state index in [1.54, 1.807) is 6.33 Å². The van der Waals surface area contributed by atoms with Crippen LogP contribution in [0.15, 0.2) is 48.9 Å². The lowest BCUT2D eigenvalue weighted by Gasteiger charge is -2.52. The molecule has 2 aliphatic heterocycles. The van der Waals surface area contributed by atoms with E-state index in [2.05, 4.69) is 42.0 Å². The molecule has 2 amide bonds. The maximum Gasteiger partial charge on any atom is 0.237 e. The quantitative estimate of drug-likeness (QED) is 0.278. The molecule has 0 bridgehead atoms. The molecule has 3 aliphatic rings. The van der Waals surface area contributed by atoms with Gasteiger partial charge in [0.05, 0.1) is 42.5 Å². The van der Waals surface area contributed by atoms with E-state index in [1.807, 2.05) is 72.9 Å². The van der Waals surface area contributed by atoms with E-state index < -0.39 is 0 Å². The van der Waals surface area contributed by atoms with Crippen LogP contribution in [0.4, 0.5) is 5.82 Å². The van der Waals surface area contributed by atoms with Gasteiger partial charge in [0.25, 0.3) is 0 Å². The molecule has 0 radical (unpaired) electrons. The van der Waals surface area contributed by atoms with Crippen LogP contribution in [0, 0.1) is 12.8 Å². The second-order valence-corrected chi connectivity index (χ2v) is 13.9. The highest BCUT2D eigenvalue weighted by atomic mass is 16.5. The molecule has 12 nitrogen and oxygen atoms in total. The summed E-state index contributed by atoms with van der Waals surface area (Å²) < 4.78 is 7.69. The van der Waals surface area contributed by atoms with E-state index in [0.717, 1.165) is 66.1 Å². The number of nitrogens with zero attached hydrogens (tertiary/aromatic N) is 9. The number of anilines is 1. The van der Waals surface area contributed by atoms with E-state index in [4.69, 9.17) is 4.74 Å². The lowest BCUT2D eigenvalue weighted by molar-refractivity contribution is -0.144. The fourth-order valence-corrected chi connectivity index (χ4v) is 8.17. The van der Waals surface area contributed by atoms with E-state index in [9.17, 15) is 9.59 Å².